The second kappa shape index (κ2) is 13.6. The highest BCUT2D eigenvalue weighted by Gasteiger charge is 2.25. The van der Waals surface area contributed by atoms with Gasteiger partial charge >= 0.3 is 6.09 Å². The summed E-state index contributed by atoms with van der Waals surface area (Å²) in [6.45, 7) is 9.25. The highest BCUT2D eigenvalue weighted by atomic mass is 127. The van der Waals surface area contributed by atoms with Crippen molar-refractivity contribution in [3.8, 4) is 5.75 Å². The van der Waals surface area contributed by atoms with Gasteiger partial charge in [-0.25, -0.2) is 4.79 Å². The van der Waals surface area contributed by atoms with Crippen LogP contribution in [0, 0.1) is 0 Å². The van der Waals surface area contributed by atoms with Crippen LogP contribution >= 0.6 is 24.0 Å². The van der Waals surface area contributed by atoms with Gasteiger partial charge in [0.25, 0.3) is 0 Å². The maximum absolute atomic E-state index is 11.9. The number of rotatable bonds is 7. The first-order valence-corrected chi connectivity index (χ1v) is 11.1. The summed E-state index contributed by atoms with van der Waals surface area (Å²) in [4.78, 5) is 16.6. The van der Waals surface area contributed by atoms with E-state index in [-0.39, 0.29) is 36.1 Å². The molecule has 176 valence electrons. The lowest BCUT2D eigenvalue weighted by atomic mass is 9.91. The van der Waals surface area contributed by atoms with E-state index in [0.29, 0.717) is 11.8 Å². The molecule has 7 nitrogen and oxygen atoms in total. The lowest BCUT2D eigenvalue weighted by molar-refractivity contribution is 0.0490. The zero-order chi connectivity index (χ0) is 22.0. The van der Waals surface area contributed by atoms with E-state index in [4.69, 9.17) is 9.73 Å². The monoisotopic (exact) mass is 546 g/mol. The van der Waals surface area contributed by atoms with E-state index >= 15 is 0 Å². The van der Waals surface area contributed by atoms with Gasteiger partial charge in [0.1, 0.15) is 11.4 Å². The second-order valence-electron chi connectivity index (χ2n) is 8.87. The van der Waals surface area contributed by atoms with Crippen LogP contribution in [-0.4, -0.2) is 47.9 Å². The van der Waals surface area contributed by atoms with Gasteiger partial charge in [-0.2, -0.15) is 0 Å². The summed E-state index contributed by atoms with van der Waals surface area (Å²) < 4.78 is 5.35. The number of alkyl carbamates (subject to hydrolysis) is 1. The van der Waals surface area contributed by atoms with E-state index in [1.165, 1.54) is 5.56 Å². The molecule has 1 aliphatic rings. The molecule has 1 fully saturated rings. The van der Waals surface area contributed by atoms with Gasteiger partial charge in [0, 0.05) is 25.2 Å². The number of phenolic OH excluding ortho intramolecular Hbond substituents is 1. The number of guanidine groups is 1. The molecule has 1 saturated carbocycles. The molecule has 2 rings (SSSR count). The Morgan fingerprint density at radius 3 is 2.23 bits per heavy atom. The first kappa shape index (κ1) is 27.3. The highest BCUT2D eigenvalue weighted by Crippen LogP contribution is 2.19. The summed E-state index contributed by atoms with van der Waals surface area (Å²) in [5.74, 6) is 1.15. The molecule has 0 atom stereocenters. The number of nitrogens with one attached hydrogen (secondary N) is 3. The van der Waals surface area contributed by atoms with E-state index in [1.807, 2.05) is 32.9 Å². The van der Waals surface area contributed by atoms with Crippen LogP contribution in [0.3, 0.4) is 0 Å². The van der Waals surface area contributed by atoms with Crippen LogP contribution < -0.4 is 16.0 Å². The number of ether oxygens (including phenoxy) is 1. The molecule has 0 radical (unpaired) electrons. The van der Waals surface area contributed by atoms with Crippen molar-refractivity contribution in [3.63, 3.8) is 0 Å². The minimum atomic E-state index is -0.470. The molecule has 1 aliphatic carbocycles. The van der Waals surface area contributed by atoms with E-state index in [0.717, 1.165) is 57.6 Å². The van der Waals surface area contributed by atoms with Crippen LogP contribution in [0.2, 0.25) is 0 Å². The number of nitrogens with zero attached hydrogens (tertiary/aromatic N) is 1. The van der Waals surface area contributed by atoms with Crippen LogP contribution in [0.4, 0.5) is 4.79 Å². The molecule has 4 N–H and O–H groups in total. The van der Waals surface area contributed by atoms with E-state index in [9.17, 15) is 9.90 Å². The predicted octanol–water partition coefficient (Wildman–Crippen LogP) is 4.33. The maximum Gasteiger partial charge on any atom is 0.407 e. The Kier molecular flexibility index (Phi) is 12.0. The summed E-state index contributed by atoms with van der Waals surface area (Å²) in [5, 5.41) is 19.2. The van der Waals surface area contributed by atoms with Gasteiger partial charge in [-0.15, -0.1) is 24.0 Å². The van der Waals surface area contributed by atoms with Gasteiger partial charge in [0.05, 0.1) is 0 Å². The molecule has 0 aliphatic heterocycles. The Bertz CT molecular complexity index is 681. The van der Waals surface area contributed by atoms with Crippen LogP contribution in [0.15, 0.2) is 29.3 Å². The van der Waals surface area contributed by atoms with Crippen LogP contribution in [0.25, 0.3) is 0 Å². The number of aromatic hydroxyl groups is 1. The number of benzene rings is 1. The molecule has 0 unspecified atom stereocenters. The SMILES string of the molecule is CCNC(=NCCCc1ccc(O)cc1)NC1CCC(NC(=O)OC(C)(C)C)CC1.I. The lowest BCUT2D eigenvalue weighted by Gasteiger charge is -2.31. The second-order valence-corrected chi connectivity index (χ2v) is 8.87. The fourth-order valence-electron chi connectivity index (χ4n) is 3.51. The molecule has 8 heteroatoms. The van der Waals surface area contributed by atoms with Crippen molar-refractivity contribution < 1.29 is 14.6 Å². The predicted molar refractivity (Wildman–Crippen MR) is 136 cm³/mol. The fourth-order valence-corrected chi connectivity index (χ4v) is 3.51. The molecule has 1 amide bonds. The normalized spacial score (nSPS) is 19.2. The quantitative estimate of drug-likeness (QED) is 0.177. The number of phenols is 1. The Labute approximate surface area is 203 Å². The Morgan fingerprint density at radius 1 is 1.10 bits per heavy atom. The number of aryl methyl sites for hydroxylation is 1. The number of halogens is 1. The van der Waals surface area contributed by atoms with Crippen molar-refractivity contribution in [1.29, 1.82) is 0 Å². The molecule has 0 aromatic heterocycles. The van der Waals surface area contributed by atoms with Gasteiger partial charge in [0.15, 0.2) is 5.96 Å². The molecule has 0 spiro atoms. The van der Waals surface area contributed by atoms with Crippen LogP contribution in [0.1, 0.15) is 65.4 Å². The number of carbonyl (C=O) groups is 1. The molecular formula is C23H39IN4O3. The average Bonchev–Trinajstić information content (AvgIpc) is 2.67. The van der Waals surface area contributed by atoms with Crippen molar-refractivity contribution in [2.45, 2.75) is 83.9 Å². The largest absolute Gasteiger partial charge is 0.508 e. The third-order valence-electron chi connectivity index (χ3n) is 4.96. The van der Waals surface area contributed by atoms with Crippen molar-refractivity contribution in [1.82, 2.24) is 16.0 Å². The minimum Gasteiger partial charge on any atom is -0.508 e. The number of amides is 1. The Balaban J connectivity index is 0.00000480. The van der Waals surface area contributed by atoms with Crippen molar-refractivity contribution >= 4 is 36.0 Å². The lowest BCUT2D eigenvalue weighted by Crippen LogP contribution is -2.48. The topological polar surface area (TPSA) is 95.0 Å². The number of carbonyl (C=O) groups excluding carboxylic acids is 1. The molecule has 31 heavy (non-hydrogen) atoms. The summed E-state index contributed by atoms with van der Waals surface area (Å²) in [6, 6.07) is 7.87. The third-order valence-corrected chi connectivity index (χ3v) is 4.96. The Hall–Kier alpha value is -1.71. The van der Waals surface area contributed by atoms with E-state index in [2.05, 4.69) is 22.9 Å². The summed E-state index contributed by atoms with van der Waals surface area (Å²) >= 11 is 0. The molecule has 1 aromatic carbocycles. The van der Waals surface area contributed by atoms with Gasteiger partial charge in [0.2, 0.25) is 0 Å². The smallest absolute Gasteiger partial charge is 0.407 e. The van der Waals surface area contributed by atoms with Gasteiger partial charge < -0.3 is 25.8 Å². The van der Waals surface area contributed by atoms with Gasteiger partial charge in [-0.05, 0) is 83.9 Å². The summed E-state index contributed by atoms with van der Waals surface area (Å²) in [6.07, 6.45) is 5.38. The number of hydrogen-bond donors (Lipinski definition) is 4. The van der Waals surface area contributed by atoms with Crippen molar-refractivity contribution in [3.05, 3.63) is 29.8 Å². The van der Waals surface area contributed by atoms with Crippen molar-refractivity contribution in [2.75, 3.05) is 13.1 Å². The first-order valence-electron chi connectivity index (χ1n) is 11.1. The fraction of sp³-hybridized carbons (Fsp3) is 0.652. The third kappa shape index (κ3) is 11.5. The maximum atomic E-state index is 11.9. The van der Waals surface area contributed by atoms with Crippen LogP contribution in [0.5, 0.6) is 5.75 Å². The molecule has 0 heterocycles. The average molecular weight is 546 g/mol. The number of aliphatic imine (C=N–C) groups is 1. The zero-order valence-corrected chi connectivity index (χ0v) is 21.6. The summed E-state index contributed by atoms with van der Waals surface area (Å²) in [5.41, 5.74) is 0.735. The zero-order valence-electron chi connectivity index (χ0n) is 19.2. The van der Waals surface area contributed by atoms with E-state index in [1.54, 1.807) is 12.1 Å². The molecule has 1 aromatic rings. The van der Waals surface area contributed by atoms with Crippen molar-refractivity contribution in [2.24, 2.45) is 4.99 Å². The highest BCUT2D eigenvalue weighted by molar-refractivity contribution is 14.0. The van der Waals surface area contributed by atoms with Gasteiger partial charge in [-0.1, -0.05) is 12.1 Å². The molecule has 0 bridgehead atoms. The first-order chi connectivity index (χ1) is 14.2. The molecular weight excluding hydrogens is 507 g/mol. The minimum absolute atomic E-state index is 0. The van der Waals surface area contributed by atoms with Crippen LogP contribution in [-0.2, 0) is 11.2 Å². The van der Waals surface area contributed by atoms with Gasteiger partial charge in [-0.3, -0.25) is 4.99 Å². The standard InChI is InChI=1S/C23H38N4O3.HI/c1-5-24-21(25-16-6-7-17-8-14-20(28)15-9-17)26-18-10-12-19(13-11-18)27-22(29)30-23(2,3)4;/h8-9,14-15,18-19,28H,5-7,10-13,16H2,1-4H3,(H,27,29)(H2,24,25,26);1H. The molecule has 0 saturated heterocycles. The van der Waals surface area contributed by atoms with E-state index < -0.39 is 5.60 Å². The summed E-state index contributed by atoms with van der Waals surface area (Å²) in [7, 11) is 0. The number of hydrogen-bond acceptors (Lipinski definition) is 4. The Morgan fingerprint density at radius 2 is 1.68 bits per heavy atom.